The van der Waals surface area contributed by atoms with Crippen molar-refractivity contribution in [2.45, 2.75) is 39.2 Å². The van der Waals surface area contributed by atoms with E-state index in [2.05, 4.69) is 39.9 Å². The lowest BCUT2D eigenvalue weighted by Gasteiger charge is -2.39. The number of aliphatic carboxylic acids is 1. The molecule has 7 heteroatoms. The fraction of sp³-hybridized carbons (Fsp3) is 0.769. The first-order valence-corrected chi connectivity index (χ1v) is 7.79. The van der Waals surface area contributed by atoms with E-state index in [9.17, 15) is 4.79 Å². The van der Waals surface area contributed by atoms with Crippen molar-refractivity contribution >= 4 is 22.6 Å². The minimum absolute atomic E-state index is 0.211. The van der Waals surface area contributed by atoms with Crippen molar-refractivity contribution in [3.05, 3.63) is 5.82 Å². The molecule has 1 aliphatic rings. The van der Waals surface area contributed by atoms with Gasteiger partial charge in [-0.25, -0.2) is 4.98 Å². The van der Waals surface area contributed by atoms with Gasteiger partial charge in [-0.05, 0) is 6.92 Å². The van der Waals surface area contributed by atoms with Gasteiger partial charge in [-0.15, -0.1) is 0 Å². The maximum absolute atomic E-state index is 10.6. The summed E-state index contributed by atoms with van der Waals surface area (Å²) in [5.41, 5.74) is 0. The highest BCUT2D eigenvalue weighted by Crippen LogP contribution is 2.25. The molecule has 112 valence electrons. The van der Waals surface area contributed by atoms with Crippen LogP contribution >= 0.6 is 11.5 Å². The van der Waals surface area contributed by atoms with E-state index in [4.69, 9.17) is 5.11 Å². The van der Waals surface area contributed by atoms with Crippen LogP contribution in [0.5, 0.6) is 0 Å². The topological polar surface area (TPSA) is 69.6 Å². The first-order chi connectivity index (χ1) is 9.47. The normalized spacial score (nSPS) is 20.6. The van der Waals surface area contributed by atoms with Gasteiger partial charge >= 0.3 is 5.97 Å². The number of piperazine rings is 1. The molecule has 0 aromatic carbocycles. The predicted molar refractivity (Wildman–Crippen MR) is 79.5 cm³/mol. The molecule has 1 saturated heterocycles. The van der Waals surface area contributed by atoms with Gasteiger partial charge in [0, 0.05) is 49.7 Å². The average molecular weight is 298 g/mol. The van der Waals surface area contributed by atoms with Gasteiger partial charge in [0.05, 0.1) is 6.42 Å². The Kier molecular flexibility index (Phi) is 4.93. The van der Waals surface area contributed by atoms with Crippen molar-refractivity contribution in [3.63, 3.8) is 0 Å². The summed E-state index contributed by atoms with van der Waals surface area (Å²) in [5, 5.41) is 9.73. The maximum Gasteiger partial charge on any atom is 0.304 e. The number of carboxylic acids is 1. The van der Waals surface area contributed by atoms with Gasteiger partial charge < -0.3 is 10.0 Å². The number of carbonyl (C=O) groups is 1. The van der Waals surface area contributed by atoms with Crippen LogP contribution in [0.25, 0.3) is 0 Å². The van der Waals surface area contributed by atoms with Crippen LogP contribution in [0.3, 0.4) is 0 Å². The third-order valence-corrected chi connectivity index (χ3v) is 4.31. The molecule has 6 nitrogen and oxygen atoms in total. The molecule has 0 aliphatic carbocycles. The van der Waals surface area contributed by atoms with Gasteiger partial charge in [-0.3, -0.25) is 9.69 Å². The van der Waals surface area contributed by atoms with E-state index < -0.39 is 5.97 Å². The zero-order chi connectivity index (χ0) is 14.7. The molecule has 1 atom stereocenters. The number of aromatic nitrogens is 2. The van der Waals surface area contributed by atoms with E-state index in [0.717, 1.165) is 30.6 Å². The smallest absolute Gasteiger partial charge is 0.304 e. The van der Waals surface area contributed by atoms with Crippen LogP contribution in [0.1, 0.15) is 38.9 Å². The summed E-state index contributed by atoms with van der Waals surface area (Å²) in [6.45, 7) is 9.62. The van der Waals surface area contributed by atoms with Crippen molar-refractivity contribution in [1.82, 2.24) is 14.3 Å². The van der Waals surface area contributed by atoms with E-state index in [1.165, 1.54) is 11.5 Å². The molecule has 1 aromatic rings. The summed E-state index contributed by atoms with van der Waals surface area (Å²) in [6.07, 6.45) is 0.211. The lowest BCUT2D eigenvalue weighted by atomic mass is 10.2. The lowest BCUT2D eigenvalue weighted by molar-refractivity contribution is -0.137. The van der Waals surface area contributed by atoms with Crippen molar-refractivity contribution in [3.8, 4) is 0 Å². The lowest BCUT2D eigenvalue weighted by Crippen LogP contribution is -2.52. The molecule has 1 unspecified atom stereocenters. The summed E-state index contributed by atoms with van der Waals surface area (Å²) in [4.78, 5) is 19.7. The number of hydrogen-bond donors (Lipinski definition) is 1. The van der Waals surface area contributed by atoms with E-state index in [1.54, 1.807) is 0 Å². The molecule has 1 aromatic heterocycles. The molecule has 1 fully saturated rings. The van der Waals surface area contributed by atoms with Crippen LogP contribution < -0.4 is 4.90 Å². The Labute approximate surface area is 123 Å². The molecule has 0 radical (unpaired) electrons. The number of nitrogens with zero attached hydrogens (tertiary/aromatic N) is 4. The first kappa shape index (κ1) is 15.2. The van der Waals surface area contributed by atoms with Gasteiger partial charge in [-0.1, -0.05) is 13.8 Å². The van der Waals surface area contributed by atoms with Gasteiger partial charge in [0.25, 0.3) is 0 Å². The molecule has 0 spiro atoms. The predicted octanol–water partition coefficient (Wildman–Crippen LogP) is 1.65. The molecule has 20 heavy (non-hydrogen) atoms. The minimum atomic E-state index is -0.731. The molecule has 0 bridgehead atoms. The van der Waals surface area contributed by atoms with Crippen LogP contribution in [0.2, 0.25) is 0 Å². The van der Waals surface area contributed by atoms with Gasteiger partial charge in [0.15, 0.2) is 0 Å². The second-order valence-electron chi connectivity index (χ2n) is 5.58. The van der Waals surface area contributed by atoms with Crippen LogP contribution in [-0.2, 0) is 4.79 Å². The van der Waals surface area contributed by atoms with Crippen LogP contribution in [0.4, 0.5) is 5.13 Å². The van der Waals surface area contributed by atoms with Crippen LogP contribution in [0, 0.1) is 0 Å². The van der Waals surface area contributed by atoms with Crippen molar-refractivity contribution in [2.24, 2.45) is 0 Å². The van der Waals surface area contributed by atoms with E-state index in [-0.39, 0.29) is 6.42 Å². The summed E-state index contributed by atoms with van der Waals surface area (Å²) in [7, 11) is 0. The standard InChI is InChI=1S/C13H22N4O2S/c1-9(2)12-14-13(20-15-12)17-7-6-16(8-10(17)3)5-4-11(18)19/h9-10H,4-8H2,1-3H3,(H,18,19). The van der Waals surface area contributed by atoms with E-state index >= 15 is 0 Å². The van der Waals surface area contributed by atoms with E-state index in [1.807, 2.05) is 0 Å². The van der Waals surface area contributed by atoms with Gasteiger partial charge in [0.2, 0.25) is 5.13 Å². The molecule has 0 amide bonds. The number of anilines is 1. The molecular weight excluding hydrogens is 276 g/mol. The first-order valence-electron chi connectivity index (χ1n) is 7.01. The summed E-state index contributed by atoms with van der Waals surface area (Å²) in [5.74, 6) is 0.531. The quantitative estimate of drug-likeness (QED) is 0.891. The third kappa shape index (κ3) is 3.67. The summed E-state index contributed by atoms with van der Waals surface area (Å²) < 4.78 is 4.40. The van der Waals surface area contributed by atoms with Crippen LogP contribution in [-0.4, -0.2) is 57.6 Å². The van der Waals surface area contributed by atoms with Gasteiger partial charge in [0.1, 0.15) is 5.82 Å². The Morgan fingerprint density at radius 2 is 2.25 bits per heavy atom. The van der Waals surface area contributed by atoms with Crippen molar-refractivity contribution < 1.29 is 9.90 Å². The number of carboxylic acid groups (broad SMARTS) is 1. The highest BCUT2D eigenvalue weighted by atomic mass is 32.1. The second-order valence-corrected chi connectivity index (χ2v) is 6.31. The fourth-order valence-corrected chi connectivity index (χ4v) is 3.29. The highest BCUT2D eigenvalue weighted by Gasteiger charge is 2.26. The molecular formula is C13H22N4O2S. The van der Waals surface area contributed by atoms with Gasteiger partial charge in [-0.2, -0.15) is 4.37 Å². The zero-order valence-electron chi connectivity index (χ0n) is 12.2. The molecule has 1 aliphatic heterocycles. The molecule has 2 rings (SSSR count). The largest absolute Gasteiger partial charge is 0.481 e. The SMILES string of the molecule is CC(C)c1nsc(N2CCN(CCC(=O)O)CC2C)n1. The molecule has 2 heterocycles. The van der Waals surface area contributed by atoms with E-state index in [0.29, 0.717) is 18.5 Å². The van der Waals surface area contributed by atoms with Crippen molar-refractivity contribution in [2.75, 3.05) is 31.1 Å². The third-order valence-electron chi connectivity index (χ3n) is 3.55. The Morgan fingerprint density at radius 3 is 2.80 bits per heavy atom. The number of hydrogen-bond acceptors (Lipinski definition) is 6. The summed E-state index contributed by atoms with van der Waals surface area (Å²) in [6, 6.07) is 0.338. The molecule has 0 saturated carbocycles. The summed E-state index contributed by atoms with van der Waals surface area (Å²) >= 11 is 1.46. The Bertz CT molecular complexity index is 463. The fourth-order valence-electron chi connectivity index (χ4n) is 2.35. The van der Waals surface area contributed by atoms with Crippen LogP contribution in [0.15, 0.2) is 0 Å². The Morgan fingerprint density at radius 1 is 1.50 bits per heavy atom. The average Bonchev–Trinajstić information content (AvgIpc) is 2.86. The zero-order valence-corrected chi connectivity index (χ0v) is 13.1. The highest BCUT2D eigenvalue weighted by molar-refractivity contribution is 7.09. The minimum Gasteiger partial charge on any atom is -0.481 e. The molecule has 1 N–H and O–H groups in total. The Balaban J connectivity index is 1.93. The van der Waals surface area contributed by atoms with Crippen molar-refractivity contribution in [1.29, 1.82) is 0 Å². The monoisotopic (exact) mass is 298 g/mol. The second kappa shape index (κ2) is 6.49. The number of rotatable bonds is 5. The maximum atomic E-state index is 10.6. The Hall–Kier alpha value is -1.21.